The molecule has 1 aromatic heterocycles. The molecule has 8 nitrogen and oxygen atoms in total. The summed E-state index contributed by atoms with van der Waals surface area (Å²) in [4.78, 5) is 32.4. The zero-order valence-corrected chi connectivity index (χ0v) is 22.6. The number of hydrogen-bond acceptors (Lipinski definition) is 6. The summed E-state index contributed by atoms with van der Waals surface area (Å²) in [7, 11) is 0. The van der Waals surface area contributed by atoms with Crippen molar-refractivity contribution in [2.24, 2.45) is 17.8 Å². The fraction of sp³-hybridized carbons (Fsp3) is 0.387. The number of amides is 2. The van der Waals surface area contributed by atoms with Gasteiger partial charge >= 0.3 is 6.09 Å². The van der Waals surface area contributed by atoms with E-state index in [-0.39, 0.29) is 0 Å². The molecule has 0 bridgehead atoms. The van der Waals surface area contributed by atoms with Crippen molar-refractivity contribution in [2.75, 3.05) is 25.0 Å². The maximum Gasteiger partial charge on any atom is 0.413 e. The Labute approximate surface area is 229 Å². The molecule has 39 heavy (non-hydrogen) atoms. The van der Waals surface area contributed by atoms with Crippen molar-refractivity contribution in [3.8, 4) is 0 Å². The first kappa shape index (κ1) is 26.8. The number of carbonyl (C=O) groups is 2. The van der Waals surface area contributed by atoms with Crippen LogP contribution in [-0.4, -0.2) is 52.2 Å². The largest absolute Gasteiger partial charge is 0.444 e. The number of anilines is 1. The Morgan fingerprint density at radius 1 is 0.923 bits per heavy atom. The van der Waals surface area contributed by atoms with E-state index in [0.29, 0.717) is 47.8 Å². The Bertz CT molecular complexity index is 1260. The van der Waals surface area contributed by atoms with Gasteiger partial charge in [0.2, 0.25) is 0 Å². The van der Waals surface area contributed by atoms with Crippen LogP contribution in [0.25, 0.3) is 0 Å². The lowest BCUT2D eigenvalue weighted by Gasteiger charge is -2.28. The Morgan fingerprint density at radius 3 is 2.08 bits per heavy atom. The highest BCUT2D eigenvalue weighted by atomic mass is 16.6. The molecule has 2 fully saturated rings. The third kappa shape index (κ3) is 6.13. The lowest BCUT2D eigenvalue weighted by Crippen LogP contribution is -2.46. The number of piperidine rings is 1. The summed E-state index contributed by atoms with van der Waals surface area (Å²) in [5, 5.41) is 17.4. The highest BCUT2D eigenvalue weighted by molar-refractivity contribution is 5.90. The molecule has 5 rings (SSSR count). The van der Waals surface area contributed by atoms with Crippen LogP contribution in [0.15, 0.2) is 78.9 Å². The Balaban J connectivity index is 1.14. The molecule has 0 radical (unpaired) electrons. The van der Waals surface area contributed by atoms with Gasteiger partial charge in [0.05, 0.1) is 5.69 Å². The van der Waals surface area contributed by atoms with Crippen molar-refractivity contribution in [3.63, 3.8) is 0 Å². The number of rotatable bonds is 8. The van der Waals surface area contributed by atoms with Gasteiger partial charge in [-0.15, -0.1) is 0 Å². The second kappa shape index (κ2) is 10.8. The van der Waals surface area contributed by atoms with Crippen molar-refractivity contribution in [1.29, 1.82) is 0 Å². The molecule has 2 aromatic carbocycles. The van der Waals surface area contributed by atoms with Crippen LogP contribution in [0.3, 0.4) is 0 Å². The van der Waals surface area contributed by atoms with Gasteiger partial charge in [0, 0.05) is 26.2 Å². The molecular weight excluding hydrogens is 492 g/mol. The number of pyridine rings is 1. The van der Waals surface area contributed by atoms with Gasteiger partial charge in [0.25, 0.3) is 5.91 Å². The van der Waals surface area contributed by atoms with Gasteiger partial charge in [-0.3, -0.25) is 15.0 Å². The van der Waals surface area contributed by atoms with Crippen LogP contribution in [0.5, 0.6) is 0 Å². The Morgan fingerprint density at radius 2 is 1.51 bits per heavy atom. The molecule has 2 amide bonds. The molecule has 3 N–H and O–H groups in total. The molecule has 2 atom stereocenters. The predicted octanol–water partition coefficient (Wildman–Crippen LogP) is 4.16. The topological polar surface area (TPSA) is 104 Å². The first-order valence-electron chi connectivity index (χ1n) is 13.4. The third-order valence-corrected chi connectivity index (χ3v) is 7.48. The van der Waals surface area contributed by atoms with Gasteiger partial charge in [-0.2, -0.15) is 0 Å². The maximum atomic E-state index is 13.4. The zero-order valence-electron chi connectivity index (χ0n) is 22.6. The molecule has 2 unspecified atom stereocenters. The third-order valence-electron chi connectivity index (χ3n) is 7.48. The number of benzene rings is 2. The second-order valence-electron chi connectivity index (χ2n) is 11.5. The molecule has 3 aromatic rings. The van der Waals surface area contributed by atoms with Crippen molar-refractivity contribution < 1.29 is 19.4 Å². The number of nitrogens with zero attached hydrogens (tertiary/aromatic N) is 2. The van der Waals surface area contributed by atoms with Gasteiger partial charge in [-0.25, -0.2) is 9.78 Å². The van der Waals surface area contributed by atoms with E-state index in [1.54, 1.807) is 30.3 Å². The van der Waals surface area contributed by atoms with Crippen LogP contribution in [0.4, 0.5) is 10.6 Å². The van der Waals surface area contributed by atoms with Crippen molar-refractivity contribution in [2.45, 2.75) is 38.5 Å². The number of fused-ring (bicyclic) bond motifs is 1. The van der Waals surface area contributed by atoms with E-state index in [4.69, 9.17) is 4.74 Å². The number of hydrogen-bond donors (Lipinski definition) is 3. The minimum Gasteiger partial charge on any atom is -0.444 e. The van der Waals surface area contributed by atoms with Crippen molar-refractivity contribution >= 4 is 17.8 Å². The number of ether oxygens (including phenoxy) is 1. The SMILES string of the molecule is CC(C)(C)OC(=O)Nc1cccc(CN2CC3C(CNC(=O)C(O)(c4ccccc4)c4ccccc4)C3C2)n1. The lowest BCUT2D eigenvalue weighted by atomic mass is 9.85. The van der Waals surface area contributed by atoms with Gasteiger partial charge in [0.15, 0.2) is 5.60 Å². The first-order chi connectivity index (χ1) is 18.6. The number of likely N-dealkylation sites (tertiary alicyclic amines) is 1. The summed E-state index contributed by atoms with van der Waals surface area (Å²) in [6, 6.07) is 23.8. The monoisotopic (exact) mass is 528 g/mol. The highest BCUT2D eigenvalue weighted by Crippen LogP contribution is 2.51. The van der Waals surface area contributed by atoms with Crippen LogP contribution >= 0.6 is 0 Å². The van der Waals surface area contributed by atoms with Crippen LogP contribution in [-0.2, 0) is 21.7 Å². The molecule has 0 spiro atoms. The van der Waals surface area contributed by atoms with Crippen LogP contribution < -0.4 is 10.6 Å². The van der Waals surface area contributed by atoms with E-state index < -0.39 is 23.2 Å². The normalized spacial score (nSPS) is 20.7. The lowest BCUT2D eigenvalue weighted by molar-refractivity contribution is -0.136. The van der Waals surface area contributed by atoms with Crippen molar-refractivity contribution in [1.82, 2.24) is 15.2 Å². The Hall–Kier alpha value is -3.75. The van der Waals surface area contributed by atoms with E-state index >= 15 is 0 Å². The molecule has 204 valence electrons. The van der Waals surface area contributed by atoms with E-state index in [9.17, 15) is 14.7 Å². The summed E-state index contributed by atoms with van der Waals surface area (Å²) in [5.74, 6) is 1.48. The molecule has 1 aliphatic heterocycles. The number of nitrogens with one attached hydrogen (secondary N) is 2. The number of aromatic nitrogens is 1. The van der Waals surface area contributed by atoms with Crippen LogP contribution in [0.1, 0.15) is 37.6 Å². The summed E-state index contributed by atoms with van der Waals surface area (Å²) < 4.78 is 5.31. The Kier molecular flexibility index (Phi) is 7.42. The van der Waals surface area contributed by atoms with Gasteiger partial charge < -0.3 is 15.2 Å². The fourth-order valence-electron chi connectivity index (χ4n) is 5.57. The summed E-state index contributed by atoms with van der Waals surface area (Å²) >= 11 is 0. The summed E-state index contributed by atoms with van der Waals surface area (Å²) in [6.45, 7) is 8.55. The molecule has 1 saturated carbocycles. The molecule has 8 heteroatoms. The van der Waals surface area contributed by atoms with Gasteiger partial charge in [-0.05, 0) is 61.8 Å². The molecule has 2 aliphatic rings. The van der Waals surface area contributed by atoms with Crippen molar-refractivity contribution in [3.05, 3.63) is 95.7 Å². The van der Waals surface area contributed by atoms with Crippen LogP contribution in [0.2, 0.25) is 0 Å². The maximum absolute atomic E-state index is 13.4. The van der Waals surface area contributed by atoms with E-state index in [1.165, 1.54) is 0 Å². The minimum absolute atomic E-state index is 0.397. The van der Waals surface area contributed by atoms with Gasteiger partial charge in [-0.1, -0.05) is 66.7 Å². The second-order valence-corrected chi connectivity index (χ2v) is 11.5. The molecule has 1 aliphatic carbocycles. The standard InChI is InChI=1S/C31H36N4O4/c1-30(2,3)39-29(37)34-27-16-10-15-23(33-27)18-35-19-25-24(26(25)20-35)17-32-28(36)31(38,21-11-6-4-7-12-21)22-13-8-5-9-14-22/h4-16,24-26,38H,17-20H2,1-3H3,(H,32,36)(H,33,34,37). The van der Waals surface area contributed by atoms with E-state index in [0.717, 1.165) is 18.8 Å². The fourth-order valence-corrected chi connectivity index (χ4v) is 5.57. The highest BCUT2D eigenvalue weighted by Gasteiger charge is 2.55. The van der Waals surface area contributed by atoms with Gasteiger partial charge in [0.1, 0.15) is 11.4 Å². The molecule has 2 heterocycles. The quantitative estimate of drug-likeness (QED) is 0.406. The average molecular weight is 529 g/mol. The number of carbonyl (C=O) groups excluding carboxylic acids is 2. The molecular formula is C31H36N4O4. The molecule has 1 saturated heterocycles. The minimum atomic E-state index is -1.75. The zero-order chi connectivity index (χ0) is 27.6. The summed E-state index contributed by atoms with van der Waals surface area (Å²) in [6.07, 6.45) is -0.522. The predicted molar refractivity (Wildman–Crippen MR) is 149 cm³/mol. The first-order valence-corrected chi connectivity index (χ1v) is 13.4. The smallest absolute Gasteiger partial charge is 0.413 e. The van der Waals surface area contributed by atoms with E-state index in [2.05, 4.69) is 20.5 Å². The average Bonchev–Trinajstić information content (AvgIpc) is 3.36. The number of aliphatic hydroxyl groups is 1. The summed E-state index contributed by atoms with van der Waals surface area (Å²) in [5.41, 5.74) is -0.345. The van der Waals surface area contributed by atoms with E-state index in [1.807, 2.05) is 69.3 Å². The van der Waals surface area contributed by atoms with Crippen LogP contribution in [0, 0.1) is 17.8 Å².